The highest BCUT2D eigenvalue weighted by atomic mass is 79.9. The zero-order chi connectivity index (χ0) is 11.0. The summed E-state index contributed by atoms with van der Waals surface area (Å²) < 4.78 is 0.741. The molecule has 15 heavy (non-hydrogen) atoms. The standard InChI is InChI=1S/C9H7Br2ClN2O/c10-5-1-8(15)14(4-5)9-7(11)2-6(12)3-13-9/h2-3,5H,1,4H2. The fourth-order valence-corrected chi connectivity index (χ4v) is 2.89. The van der Waals surface area contributed by atoms with Gasteiger partial charge in [-0.05, 0) is 22.0 Å². The number of nitrogens with zero attached hydrogens (tertiary/aromatic N) is 2. The third-order valence-corrected chi connectivity index (χ3v) is 3.53. The lowest BCUT2D eigenvalue weighted by Gasteiger charge is -2.16. The van der Waals surface area contributed by atoms with Gasteiger partial charge in [0.1, 0.15) is 5.82 Å². The number of alkyl halides is 1. The fourth-order valence-electron chi connectivity index (χ4n) is 1.47. The van der Waals surface area contributed by atoms with Crippen LogP contribution in [-0.2, 0) is 4.79 Å². The van der Waals surface area contributed by atoms with Crippen molar-refractivity contribution in [2.45, 2.75) is 11.2 Å². The molecule has 1 saturated heterocycles. The van der Waals surface area contributed by atoms with Gasteiger partial charge in [-0.3, -0.25) is 9.69 Å². The zero-order valence-corrected chi connectivity index (χ0v) is 11.5. The Kier molecular flexibility index (Phi) is 3.33. The molecule has 2 heterocycles. The molecule has 1 aliphatic heterocycles. The first-order valence-electron chi connectivity index (χ1n) is 4.33. The van der Waals surface area contributed by atoms with Crippen molar-refractivity contribution >= 4 is 55.2 Å². The maximum atomic E-state index is 11.6. The molecule has 0 aromatic carbocycles. The Morgan fingerprint density at radius 2 is 2.33 bits per heavy atom. The molecule has 1 aromatic heterocycles. The van der Waals surface area contributed by atoms with E-state index in [0.29, 0.717) is 23.8 Å². The molecule has 3 nitrogen and oxygen atoms in total. The number of pyridine rings is 1. The molecule has 0 radical (unpaired) electrons. The predicted molar refractivity (Wildman–Crippen MR) is 66.6 cm³/mol. The number of rotatable bonds is 1. The topological polar surface area (TPSA) is 33.2 Å². The van der Waals surface area contributed by atoms with Gasteiger partial charge in [-0.15, -0.1) is 0 Å². The van der Waals surface area contributed by atoms with Crippen molar-refractivity contribution in [3.05, 3.63) is 21.8 Å². The van der Waals surface area contributed by atoms with Crippen LogP contribution in [0.4, 0.5) is 5.82 Å². The van der Waals surface area contributed by atoms with E-state index in [1.807, 2.05) is 0 Å². The number of halogens is 3. The third kappa shape index (κ3) is 2.34. The highest BCUT2D eigenvalue weighted by molar-refractivity contribution is 9.10. The molecule has 0 aliphatic carbocycles. The fraction of sp³-hybridized carbons (Fsp3) is 0.333. The maximum Gasteiger partial charge on any atom is 0.229 e. The molecule has 1 aromatic rings. The molecule has 1 aliphatic rings. The van der Waals surface area contributed by atoms with Crippen LogP contribution < -0.4 is 4.90 Å². The molecular weight excluding hydrogens is 347 g/mol. The monoisotopic (exact) mass is 352 g/mol. The summed E-state index contributed by atoms with van der Waals surface area (Å²) in [6.45, 7) is 0.645. The summed E-state index contributed by atoms with van der Waals surface area (Å²) in [5.41, 5.74) is 0. The van der Waals surface area contributed by atoms with Gasteiger partial charge < -0.3 is 0 Å². The van der Waals surface area contributed by atoms with Gasteiger partial charge >= 0.3 is 0 Å². The van der Waals surface area contributed by atoms with Gasteiger partial charge in [-0.1, -0.05) is 27.5 Å². The van der Waals surface area contributed by atoms with Crippen molar-refractivity contribution in [1.29, 1.82) is 0 Å². The summed E-state index contributed by atoms with van der Waals surface area (Å²) in [6.07, 6.45) is 2.05. The van der Waals surface area contributed by atoms with E-state index >= 15 is 0 Å². The first kappa shape index (κ1) is 11.4. The second kappa shape index (κ2) is 4.39. The molecule has 0 N–H and O–H groups in total. The van der Waals surface area contributed by atoms with E-state index in [1.54, 1.807) is 11.0 Å². The Labute approximate surface area is 109 Å². The number of carbonyl (C=O) groups is 1. The molecule has 80 valence electrons. The van der Waals surface area contributed by atoms with Gasteiger partial charge in [0.05, 0.1) is 9.50 Å². The van der Waals surface area contributed by atoms with E-state index in [9.17, 15) is 4.79 Å². The van der Waals surface area contributed by atoms with Crippen LogP contribution in [0.5, 0.6) is 0 Å². The van der Waals surface area contributed by atoms with Crippen molar-refractivity contribution in [3.8, 4) is 0 Å². The van der Waals surface area contributed by atoms with Crippen LogP contribution in [-0.4, -0.2) is 22.3 Å². The average Bonchev–Trinajstić information content (AvgIpc) is 2.45. The number of aromatic nitrogens is 1. The Balaban J connectivity index is 2.34. The van der Waals surface area contributed by atoms with Crippen LogP contribution in [0.15, 0.2) is 16.7 Å². The number of amides is 1. The number of hydrogen-bond acceptors (Lipinski definition) is 2. The van der Waals surface area contributed by atoms with Crippen molar-refractivity contribution in [2.75, 3.05) is 11.4 Å². The predicted octanol–water partition coefficient (Wildman–Crippen LogP) is 3.00. The quantitative estimate of drug-likeness (QED) is 0.727. The van der Waals surface area contributed by atoms with Crippen molar-refractivity contribution in [2.24, 2.45) is 0 Å². The average molecular weight is 354 g/mol. The Morgan fingerprint density at radius 1 is 1.60 bits per heavy atom. The highest BCUT2D eigenvalue weighted by Crippen LogP contribution is 2.30. The molecule has 1 unspecified atom stereocenters. The van der Waals surface area contributed by atoms with Crippen LogP contribution in [0.25, 0.3) is 0 Å². The molecule has 1 atom stereocenters. The van der Waals surface area contributed by atoms with Gasteiger partial charge in [0.2, 0.25) is 5.91 Å². The minimum Gasteiger partial charge on any atom is -0.295 e. The molecule has 0 spiro atoms. The van der Waals surface area contributed by atoms with Gasteiger partial charge in [-0.25, -0.2) is 4.98 Å². The number of anilines is 1. The van der Waals surface area contributed by atoms with Crippen LogP contribution in [0.2, 0.25) is 5.02 Å². The van der Waals surface area contributed by atoms with Crippen LogP contribution >= 0.6 is 43.5 Å². The lowest BCUT2D eigenvalue weighted by Crippen LogP contribution is -2.25. The molecule has 0 saturated carbocycles. The summed E-state index contributed by atoms with van der Waals surface area (Å²) in [4.78, 5) is 17.6. The lowest BCUT2D eigenvalue weighted by molar-refractivity contribution is -0.117. The smallest absolute Gasteiger partial charge is 0.229 e. The van der Waals surface area contributed by atoms with Crippen LogP contribution in [0.1, 0.15) is 6.42 Å². The van der Waals surface area contributed by atoms with Crippen LogP contribution in [0.3, 0.4) is 0 Å². The summed E-state index contributed by atoms with van der Waals surface area (Å²) in [5, 5.41) is 0.549. The minimum absolute atomic E-state index is 0.0763. The van der Waals surface area contributed by atoms with E-state index < -0.39 is 0 Å². The van der Waals surface area contributed by atoms with E-state index in [-0.39, 0.29) is 10.7 Å². The molecule has 0 bridgehead atoms. The molecular formula is C9H7Br2ClN2O. The largest absolute Gasteiger partial charge is 0.295 e. The van der Waals surface area contributed by atoms with Gasteiger partial charge in [0.25, 0.3) is 0 Å². The van der Waals surface area contributed by atoms with E-state index in [1.165, 1.54) is 6.20 Å². The summed E-state index contributed by atoms with van der Waals surface area (Å²) in [5.74, 6) is 0.707. The minimum atomic E-state index is 0.0763. The highest BCUT2D eigenvalue weighted by Gasteiger charge is 2.30. The van der Waals surface area contributed by atoms with Crippen molar-refractivity contribution in [3.63, 3.8) is 0 Å². The van der Waals surface area contributed by atoms with Gasteiger partial charge in [0, 0.05) is 24.0 Å². The van der Waals surface area contributed by atoms with E-state index in [0.717, 1.165) is 4.47 Å². The van der Waals surface area contributed by atoms with E-state index in [4.69, 9.17) is 11.6 Å². The molecule has 1 fully saturated rings. The molecule has 1 amide bonds. The second-order valence-electron chi connectivity index (χ2n) is 3.26. The summed E-state index contributed by atoms with van der Waals surface area (Å²) in [6, 6.07) is 1.73. The van der Waals surface area contributed by atoms with Gasteiger partial charge in [0.15, 0.2) is 0 Å². The SMILES string of the molecule is O=C1CC(Br)CN1c1ncc(Cl)cc1Br. The second-order valence-corrected chi connectivity index (χ2v) is 5.85. The molecule has 6 heteroatoms. The first-order valence-corrected chi connectivity index (χ1v) is 6.42. The normalized spacial score (nSPS) is 21.1. The van der Waals surface area contributed by atoms with Crippen molar-refractivity contribution in [1.82, 2.24) is 4.98 Å². The summed E-state index contributed by atoms with van der Waals surface area (Å²) in [7, 11) is 0. The Hall–Kier alpha value is -0.130. The Bertz CT molecular complexity index is 413. The maximum absolute atomic E-state index is 11.6. The van der Waals surface area contributed by atoms with E-state index in [2.05, 4.69) is 36.8 Å². The lowest BCUT2D eigenvalue weighted by atomic mass is 10.4. The van der Waals surface area contributed by atoms with Crippen molar-refractivity contribution < 1.29 is 4.79 Å². The zero-order valence-electron chi connectivity index (χ0n) is 7.58. The van der Waals surface area contributed by atoms with Crippen LogP contribution in [0, 0.1) is 0 Å². The Morgan fingerprint density at radius 3 is 2.87 bits per heavy atom. The summed E-state index contributed by atoms with van der Waals surface area (Å²) >= 11 is 12.6. The first-order chi connectivity index (χ1) is 7.08. The number of hydrogen-bond donors (Lipinski definition) is 0. The third-order valence-electron chi connectivity index (χ3n) is 2.12. The van der Waals surface area contributed by atoms with Gasteiger partial charge in [-0.2, -0.15) is 0 Å². The molecule has 2 rings (SSSR count). The number of carbonyl (C=O) groups excluding carboxylic acids is 1.